The van der Waals surface area contributed by atoms with Gasteiger partial charge in [-0.25, -0.2) is 0 Å². The van der Waals surface area contributed by atoms with E-state index < -0.39 is 36.0 Å². The summed E-state index contributed by atoms with van der Waals surface area (Å²) in [7, 11) is 0. The second-order valence-electron chi connectivity index (χ2n) is 3.67. The average molecular weight is 421 g/mol. The molecule has 0 heterocycles. The maximum Gasteiger partial charge on any atom is 2.00 e. The largest absolute Gasteiger partial charge is 2.00 e. The molecule has 0 aromatic rings. The molecule has 0 saturated heterocycles. The molecule has 0 amide bonds. The van der Waals surface area contributed by atoms with E-state index in [1.54, 1.807) is 0 Å². The number of aliphatic carboxylic acids is 4. The van der Waals surface area contributed by atoms with Crippen LogP contribution in [0.2, 0.25) is 0 Å². The Morgan fingerprint density at radius 2 is 0.909 bits per heavy atom. The third-order valence-electron chi connectivity index (χ3n) is 1.92. The van der Waals surface area contributed by atoms with Gasteiger partial charge in [-0.05, 0) is 25.7 Å². The van der Waals surface area contributed by atoms with E-state index in [9.17, 15) is 39.6 Å². The van der Waals surface area contributed by atoms with Gasteiger partial charge >= 0.3 is 39.0 Å². The number of hydrogen-bond acceptors (Lipinski definition) is 10. The molecule has 0 saturated carbocycles. The number of carboxylic acids is 4. The number of hydrogen-bond donors (Lipinski definition) is 2. The van der Waals surface area contributed by atoms with Crippen molar-refractivity contribution in [3.63, 3.8) is 0 Å². The first-order valence-corrected chi connectivity index (χ1v) is 5.40. The Hall–Kier alpha value is -0.953. The summed E-state index contributed by atoms with van der Waals surface area (Å²) < 4.78 is 0. The van der Waals surface area contributed by atoms with Crippen LogP contribution < -0.4 is 31.9 Å². The Balaban J connectivity index is -0.000000135. The van der Waals surface area contributed by atoms with Gasteiger partial charge in [-0.3, -0.25) is 0 Å². The van der Waals surface area contributed by atoms with Crippen LogP contribution in [0.4, 0.5) is 0 Å². The minimum absolute atomic E-state index is 0. The number of nitrogens with two attached hydrogens (primary N) is 2. The molecule has 4 N–H and O–H groups in total. The molecule has 10 nitrogen and oxygen atoms in total. The first-order chi connectivity index (χ1) is 9.07. The van der Waals surface area contributed by atoms with Crippen LogP contribution in [-0.2, 0) is 58.1 Å². The minimum Gasteiger partial charge on any atom is -0.550 e. The summed E-state index contributed by atoms with van der Waals surface area (Å²) in [6.07, 6.45) is -1.00. The molecule has 0 rings (SSSR count). The van der Waals surface area contributed by atoms with Gasteiger partial charge in [0.1, 0.15) is 0 Å². The Morgan fingerprint density at radius 3 is 1.05 bits per heavy atom. The van der Waals surface area contributed by atoms with Crippen LogP contribution in [0.15, 0.2) is 0 Å². The van der Waals surface area contributed by atoms with Gasteiger partial charge in [0.15, 0.2) is 0 Å². The topological polar surface area (TPSA) is 213 Å². The van der Waals surface area contributed by atoms with Crippen LogP contribution in [0.5, 0.6) is 0 Å². The van der Waals surface area contributed by atoms with E-state index in [-0.39, 0.29) is 64.6 Å². The minimum atomic E-state index is -1.44. The molecule has 2 atom stereocenters. The third kappa shape index (κ3) is 21.3. The summed E-state index contributed by atoms with van der Waals surface area (Å²) >= 11 is 0. The van der Waals surface area contributed by atoms with Crippen LogP contribution in [0, 0.1) is 0 Å². The van der Waals surface area contributed by atoms with Crippen molar-refractivity contribution in [3.8, 4) is 0 Å². The molecule has 2 unspecified atom stereocenters. The fraction of sp³-hybridized carbons (Fsp3) is 0.600. The summed E-state index contributed by atoms with van der Waals surface area (Å²) in [5.74, 6) is -5.50. The van der Waals surface area contributed by atoms with Crippen molar-refractivity contribution >= 4 is 23.9 Å². The molecule has 0 fully saturated rings. The maximum absolute atomic E-state index is 9.86. The molecule has 0 bridgehead atoms. The fourth-order valence-corrected chi connectivity index (χ4v) is 0.782. The van der Waals surface area contributed by atoms with Crippen LogP contribution in [0.1, 0.15) is 25.7 Å². The molecule has 0 aromatic carbocycles. The monoisotopic (exact) mass is 418 g/mol. The summed E-state index contributed by atoms with van der Waals surface area (Å²) in [6.45, 7) is 0. The standard InChI is InChI=1S/2C5H9NO4.2Zn/c2*6-3(5(9)10)1-2-4(7)8;;/h2*3H,1-2,6H2,(H,7,8)(H,9,10);;/q;;2*+2/p-4. The van der Waals surface area contributed by atoms with E-state index in [1.165, 1.54) is 0 Å². The van der Waals surface area contributed by atoms with Gasteiger partial charge < -0.3 is 51.1 Å². The van der Waals surface area contributed by atoms with Gasteiger partial charge in [0.2, 0.25) is 0 Å². The van der Waals surface area contributed by atoms with Crippen molar-refractivity contribution in [3.05, 3.63) is 0 Å². The van der Waals surface area contributed by atoms with Gasteiger partial charge in [-0.2, -0.15) is 0 Å². The van der Waals surface area contributed by atoms with Crippen molar-refractivity contribution in [2.45, 2.75) is 37.8 Å². The molecule has 0 spiro atoms. The van der Waals surface area contributed by atoms with Gasteiger partial charge in [0.25, 0.3) is 0 Å². The summed E-state index contributed by atoms with van der Waals surface area (Å²) in [5.41, 5.74) is 9.82. The van der Waals surface area contributed by atoms with Gasteiger partial charge in [-0.15, -0.1) is 0 Å². The number of rotatable bonds is 8. The SMILES string of the molecule is NC(CCC(=O)[O-])C(=O)[O-].NC(CCC(=O)[O-])C(=O)[O-].[Zn+2].[Zn+2]. The quantitative estimate of drug-likeness (QED) is 0.354. The zero-order chi connectivity index (χ0) is 16.3. The Bertz CT molecular complexity index is 333. The molecule has 0 aliphatic rings. The first-order valence-electron chi connectivity index (χ1n) is 5.40. The molecule has 0 aromatic heterocycles. The van der Waals surface area contributed by atoms with Crippen LogP contribution in [0.25, 0.3) is 0 Å². The molecular formula is C10H14N2O8Zn2. The van der Waals surface area contributed by atoms with E-state index in [0.29, 0.717) is 0 Å². The molecule has 0 aliphatic heterocycles. The molecular weight excluding hydrogens is 407 g/mol. The van der Waals surface area contributed by atoms with Crippen molar-refractivity contribution < 1.29 is 78.6 Å². The van der Waals surface area contributed by atoms with E-state index in [1.807, 2.05) is 0 Å². The maximum atomic E-state index is 9.86. The van der Waals surface area contributed by atoms with Crippen molar-refractivity contribution in [2.75, 3.05) is 0 Å². The van der Waals surface area contributed by atoms with Gasteiger partial charge in [0, 0.05) is 24.0 Å². The van der Waals surface area contributed by atoms with Crippen LogP contribution in [-0.4, -0.2) is 36.0 Å². The molecule has 116 valence electrons. The normalized spacial score (nSPS) is 11.4. The summed E-state index contributed by atoms with van der Waals surface area (Å²) in [5, 5.41) is 39.2. The second-order valence-corrected chi connectivity index (χ2v) is 3.67. The summed E-state index contributed by atoms with van der Waals surface area (Å²) in [4.78, 5) is 39.2. The molecule has 22 heavy (non-hydrogen) atoms. The second kappa shape index (κ2) is 16.4. The molecule has 0 aliphatic carbocycles. The molecule has 12 heteroatoms. The van der Waals surface area contributed by atoms with Crippen LogP contribution in [0.3, 0.4) is 0 Å². The van der Waals surface area contributed by atoms with Crippen LogP contribution >= 0.6 is 0 Å². The van der Waals surface area contributed by atoms with Crippen molar-refractivity contribution in [1.82, 2.24) is 0 Å². The third-order valence-corrected chi connectivity index (χ3v) is 1.92. The van der Waals surface area contributed by atoms with E-state index in [0.717, 1.165) is 0 Å². The fourth-order valence-electron chi connectivity index (χ4n) is 0.782. The average Bonchev–Trinajstić information content (AvgIpc) is 2.33. The zero-order valence-corrected chi connectivity index (χ0v) is 17.8. The molecule has 0 radical (unpaired) electrons. The van der Waals surface area contributed by atoms with Crippen molar-refractivity contribution in [1.29, 1.82) is 0 Å². The Labute approximate surface area is 151 Å². The first kappa shape index (κ1) is 29.1. The number of carbonyl (C=O) groups is 4. The Morgan fingerprint density at radius 1 is 0.682 bits per heavy atom. The predicted octanol–water partition coefficient (Wildman–Crippen LogP) is -6.82. The van der Waals surface area contributed by atoms with E-state index in [2.05, 4.69) is 0 Å². The number of carboxylic acid groups (broad SMARTS) is 4. The van der Waals surface area contributed by atoms with E-state index >= 15 is 0 Å². The van der Waals surface area contributed by atoms with Crippen molar-refractivity contribution in [2.24, 2.45) is 11.5 Å². The van der Waals surface area contributed by atoms with E-state index in [4.69, 9.17) is 11.5 Å². The van der Waals surface area contributed by atoms with Gasteiger partial charge in [-0.1, -0.05) is 0 Å². The predicted molar refractivity (Wildman–Crippen MR) is 54.4 cm³/mol. The smallest absolute Gasteiger partial charge is 0.550 e. The Kier molecular flexibility index (Phi) is 21.7. The van der Waals surface area contributed by atoms with Gasteiger partial charge in [0.05, 0.1) is 11.9 Å². The zero-order valence-electron chi connectivity index (χ0n) is 11.8. The summed E-state index contributed by atoms with van der Waals surface area (Å²) in [6, 6.07) is -2.42. The number of carbonyl (C=O) groups excluding carboxylic acids is 4.